The van der Waals surface area contributed by atoms with Crippen molar-refractivity contribution in [3.8, 4) is 102 Å². The summed E-state index contributed by atoms with van der Waals surface area (Å²) in [5.74, 6) is 2.10. The minimum absolute atomic E-state index is 0.228. The maximum absolute atomic E-state index is 10.6. The van der Waals surface area contributed by atoms with Crippen LogP contribution in [0.5, 0.6) is 0 Å². The van der Waals surface area contributed by atoms with Gasteiger partial charge in [-0.25, -0.2) is 29.8 Å². The number of hydrogen-bond acceptors (Lipinski definition) is 8. The molecule has 454 valence electrons. The molecule has 0 amide bonds. The maximum Gasteiger partial charge on any atom is 0.251 e. The molecular weight excluding hydrogens is 1200 g/mol. The first kappa shape index (κ1) is 57.1. The van der Waals surface area contributed by atoms with E-state index in [1.807, 2.05) is 133 Å². The number of para-hydroxylation sites is 2. The largest absolute Gasteiger partial charge is 0.313 e. The fraction of sp³-hybridized carbons (Fsp3) is 0. The summed E-state index contributed by atoms with van der Waals surface area (Å²) < 4.78 is 2.37. The molecule has 2 aliphatic heterocycles. The minimum atomic E-state index is -0.228. The molecule has 13 aromatic carbocycles. The van der Waals surface area contributed by atoms with Gasteiger partial charge in [0.05, 0.1) is 46.3 Å². The van der Waals surface area contributed by atoms with Crippen LogP contribution in [0, 0.1) is 17.9 Å². The van der Waals surface area contributed by atoms with E-state index in [1.165, 1.54) is 0 Å². The Morgan fingerprint density at radius 1 is 0.327 bits per heavy atom. The van der Waals surface area contributed by atoms with Crippen LogP contribution in [0.15, 0.2) is 322 Å². The molecule has 0 spiro atoms. The standard InChI is InChI=1S/C87H53BN10/c1-90-66-41-44-73-80(53-66)97(68-35-21-8-22-36-68)82-52-65(51-81-83(82)88(73)72-43-37-56(55-89)47-79(72)96(81)67-33-19-7-20-34-67)62-39-45-76-70(48-62)69-42-38-63(57-23-9-2-10-24-57)50-78(69)98(76)77-46-40-64(86-91-74(58-25-11-3-12-26-58)54-75(92-86)59-27-13-4-14-28-59)49-71(77)87-94-84(60-29-15-5-16-30-60)93-85(95-87)61-31-17-6-18-32-61/h2-54H. The molecule has 2 aliphatic rings. The molecule has 0 aliphatic carbocycles. The lowest BCUT2D eigenvalue weighted by Crippen LogP contribution is -2.61. The van der Waals surface area contributed by atoms with Crippen molar-refractivity contribution in [3.05, 3.63) is 338 Å². The number of nitriles is 1. The number of benzene rings is 13. The van der Waals surface area contributed by atoms with Crippen molar-refractivity contribution in [2.45, 2.75) is 0 Å². The van der Waals surface area contributed by atoms with Gasteiger partial charge in [0.25, 0.3) is 6.71 Å². The normalized spacial score (nSPS) is 12.0. The van der Waals surface area contributed by atoms with E-state index in [9.17, 15) is 5.26 Å². The zero-order valence-corrected chi connectivity index (χ0v) is 52.6. The molecule has 0 N–H and O–H groups in total. The Balaban J connectivity index is 0.908. The van der Waals surface area contributed by atoms with Gasteiger partial charge in [-0.1, -0.05) is 224 Å². The summed E-state index contributed by atoms with van der Waals surface area (Å²) in [7, 11) is 0. The number of rotatable bonds is 11. The molecule has 18 rings (SSSR count). The average Bonchev–Trinajstić information content (AvgIpc) is 0.740. The predicted molar refractivity (Wildman–Crippen MR) is 398 cm³/mol. The van der Waals surface area contributed by atoms with Gasteiger partial charge in [0.2, 0.25) is 0 Å². The monoisotopic (exact) mass is 1250 g/mol. The highest BCUT2D eigenvalue weighted by Gasteiger charge is 2.44. The lowest BCUT2D eigenvalue weighted by molar-refractivity contribution is 1.06. The van der Waals surface area contributed by atoms with Crippen molar-refractivity contribution < 1.29 is 0 Å². The molecule has 0 bridgehead atoms. The van der Waals surface area contributed by atoms with E-state index in [2.05, 4.69) is 213 Å². The van der Waals surface area contributed by atoms with Crippen LogP contribution >= 0.6 is 0 Å². The number of fused-ring (bicyclic) bond motifs is 7. The maximum atomic E-state index is 10.6. The Bertz CT molecular complexity index is 5650. The summed E-state index contributed by atoms with van der Waals surface area (Å²) in [5, 5.41) is 12.6. The van der Waals surface area contributed by atoms with Gasteiger partial charge < -0.3 is 14.4 Å². The third-order valence-electron chi connectivity index (χ3n) is 18.9. The third kappa shape index (κ3) is 9.85. The van der Waals surface area contributed by atoms with Gasteiger partial charge in [-0.2, -0.15) is 5.26 Å². The molecule has 0 unspecified atom stereocenters. The zero-order valence-electron chi connectivity index (χ0n) is 52.6. The van der Waals surface area contributed by atoms with Crippen LogP contribution in [0.25, 0.3) is 123 Å². The molecule has 0 radical (unpaired) electrons. The number of nitrogens with zero attached hydrogens (tertiary/aromatic N) is 10. The first-order chi connectivity index (χ1) is 48.5. The Hall–Kier alpha value is -13.6. The van der Waals surface area contributed by atoms with Crippen molar-refractivity contribution in [1.82, 2.24) is 29.5 Å². The van der Waals surface area contributed by atoms with E-state index in [0.29, 0.717) is 34.5 Å². The van der Waals surface area contributed by atoms with Crippen molar-refractivity contribution in [2.24, 2.45) is 0 Å². The number of hydrogen-bond donors (Lipinski definition) is 0. The summed E-state index contributed by atoms with van der Waals surface area (Å²) in [5.41, 5.74) is 23.9. The minimum Gasteiger partial charge on any atom is -0.313 e. The summed E-state index contributed by atoms with van der Waals surface area (Å²) in [6.45, 7) is 8.06. The highest BCUT2D eigenvalue weighted by Crippen LogP contribution is 2.48. The summed E-state index contributed by atoms with van der Waals surface area (Å²) in [6, 6.07) is 114. The Kier molecular flexibility index (Phi) is 13.8. The van der Waals surface area contributed by atoms with E-state index in [-0.39, 0.29) is 6.71 Å². The van der Waals surface area contributed by atoms with Gasteiger partial charge in [-0.15, -0.1) is 0 Å². The van der Waals surface area contributed by atoms with Crippen LogP contribution in [0.2, 0.25) is 0 Å². The molecule has 0 atom stereocenters. The van der Waals surface area contributed by atoms with E-state index in [1.54, 1.807) is 0 Å². The van der Waals surface area contributed by atoms with Crippen LogP contribution in [0.3, 0.4) is 0 Å². The van der Waals surface area contributed by atoms with Gasteiger partial charge >= 0.3 is 0 Å². The Morgan fingerprint density at radius 3 is 1.37 bits per heavy atom. The van der Waals surface area contributed by atoms with Gasteiger partial charge in [0, 0.05) is 78.3 Å². The average molecular weight is 1250 g/mol. The van der Waals surface area contributed by atoms with Crippen molar-refractivity contribution in [3.63, 3.8) is 0 Å². The molecule has 0 saturated carbocycles. The molecular formula is C87H53BN10. The summed E-state index contributed by atoms with van der Waals surface area (Å²) in [6.07, 6.45) is 0. The number of aromatic nitrogens is 6. The van der Waals surface area contributed by atoms with E-state index in [0.717, 1.165) is 145 Å². The summed E-state index contributed by atoms with van der Waals surface area (Å²) >= 11 is 0. The molecule has 10 nitrogen and oxygen atoms in total. The zero-order chi connectivity index (χ0) is 65.2. The first-order valence-corrected chi connectivity index (χ1v) is 32.6. The second-order valence-electron chi connectivity index (χ2n) is 24.6. The SMILES string of the molecule is [C-]#[N+]c1ccc2c(c1)N(c1ccccc1)c1cc(-c3ccc4c(c3)c3ccc(-c5ccccc5)cc3n4-c3ccc(-c4nc(-c5ccccc5)cc(-c5ccccc5)n4)cc3-c3nc(-c4ccccc4)nc(-c4ccccc4)n3)cc3c1B2c1ccc(C#N)cc1N3c1ccccc1. The van der Waals surface area contributed by atoms with Crippen LogP contribution in [0.4, 0.5) is 39.8 Å². The first-order valence-electron chi connectivity index (χ1n) is 32.6. The Labute approximate surface area is 566 Å². The lowest BCUT2D eigenvalue weighted by Gasteiger charge is -2.44. The van der Waals surface area contributed by atoms with Crippen LogP contribution in [-0.2, 0) is 0 Å². The van der Waals surface area contributed by atoms with Crippen molar-refractivity contribution in [1.29, 1.82) is 5.26 Å². The van der Waals surface area contributed by atoms with Gasteiger partial charge in [0.15, 0.2) is 29.0 Å². The van der Waals surface area contributed by atoms with Crippen LogP contribution in [0.1, 0.15) is 5.56 Å². The fourth-order valence-corrected chi connectivity index (χ4v) is 14.3. The van der Waals surface area contributed by atoms with Crippen molar-refractivity contribution in [2.75, 3.05) is 9.80 Å². The van der Waals surface area contributed by atoms with E-state index in [4.69, 9.17) is 31.5 Å². The summed E-state index contributed by atoms with van der Waals surface area (Å²) in [4.78, 5) is 35.5. The van der Waals surface area contributed by atoms with E-state index < -0.39 is 0 Å². The molecule has 16 aromatic rings. The van der Waals surface area contributed by atoms with Gasteiger partial charge in [0.1, 0.15) is 0 Å². The van der Waals surface area contributed by atoms with Gasteiger partial charge in [-0.05, 0) is 136 Å². The number of anilines is 6. The van der Waals surface area contributed by atoms with Gasteiger partial charge in [-0.3, -0.25) is 0 Å². The fourth-order valence-electron chi connectivity index (χ4n) is 14.3. The molecule has 5 heterocycles. The molecule has 3 aromatic heterocycles. The Morgan fingerprint density at radius 2 is 0.806 bits per heavy atom. The highest BCUT2D eigenvalue weighted by atomic mass is 15.2. The lowest BCUT2D eigenvalue weighted by atomic mass is 9.33. The third-order valence-corrected chi connectivity index (χ3v) is 18.9. The molecule has 0 saturated heterocycles. The van der Waals surface area contributed by atoms with Crippen LogP contribution in [-0.4, -0.2) is 36.2 Å². The highest BCUT2D eigenvalue weighted by molar-refractivity contribution is 7.00. The van der Waals surface area contributed by atoms with Crippen molar-refractivity contribution >= 4 is 84.7 Å². The second kappa shape index (κ2) is 23.8. The smallest absolute Gasteiger partial charge is 0.251 e. The van der Waals surface area contributed by atoms with E-state index >= 15 is 0 Å². The predicted octanol–water partition coefficient (Wildman–Crippen LogP) is 19.6. The quantitative estimate of drug-likeness (QED) is 0.0932. The molecule has 11 heteroatoms. The van der Waals surface area contributed by atoms with Crippen LogP contribution < -0.4 is 26.2 Å². The molecule has 98 heavy (non-hydrogen) atoms. The molecule has 0 fully saturated rings. The second-order valence-corrected chi connectivity index (χ2v) is 24.6. The topological polar surface area (TPSA) is 104 Å².